The van der Waals surface area contributed by atoms with E-state index in [4.69, 9.17) is 21.8 Å². The average Bonchev–Trinajstić information content (AvgIpc) is 2.50. The molecule has 0 saturated heterocycles. The Kier molecular flexibility index (Phi) is 7.48. The van der Waals surface area contributed by atoms with Gasteiger partial charge in [-0.05, 0) is 6.92 Å². The van der Waals surface area contributed by atoms with E-state index in [0.717, 1.165) is 6.92 Å². The molecule has 0 spiro atoms. The smallest absolute Gasteiger partial charge is 0.326 e. The van der Waals surface area contributed by atoms with Crippen molar-refractivity contribution in [3.8, 4) is 0 Å². The number of rotatable bonds is 9. The summed E-state index contributed by atoms with van der Waals surface area (Å²) in [5.74, 6) is -1.05. The van der Waals surface area contributed by atoms with Crippen LogP contribution in [0.3, 0.4) is 0 Å². The molecule has 11 heteroatoms. The maximum Gasteiger partial charge on any atom is 0.326 e. The molecule has 0 aliphatic heterocycles. The molecular formula is C13H22N4O7. The molecule has 0 radical (unpaired) electrons. The second-order valence-electron chi connectivity index (χ2n) is 5.52. The van der Waals surface area contributed by atoms with Gasteiger partial charge in [0, 0.05) is 5.92 Å². The first kappa shape index (κ1) is 21.5. The molecule has 0 unspecified atom stereocenters. The van der Waals surface area contributed by atoms with Crippen molar-refractivity contribution in [3.63, 3.8) is 0 Å². The molecule has 0 aliphatic rings. The van der Waals surface area contributed by atoms with Crippen molar-refractivity contribution in [1.82, 2.24) is 10.3 Å². The van der Waals surface area contributed by atoms with Crippen molar-refractivity contribution in [2.45, 2.75) is 38.8 Å². The summed E-state index contributed by atoms with van der Waals surface area (Å²) < 4.78 is 0. The van der Waals surface area contributed by atoms with Crippen molar-refractivity contribution in [3.05, 3.63) is 0 Å². The second kappa shape index (κ2) is 8.36. The number of nitrogens with two attached hydrogens (primary N) is 2. The number of hydrazine groups is 1. The van der Waals surface area contributed by atoms with Gasteiger partial charge in [-0.15, -0.1) is 0 Å². The Balaban J connectivity index is 5.70. The predicted octanol–water partition coefficient (Wildman–Crippen LogP) is -2.32. The van der Waals surface area contributed by atoms with Gasteiger partial charge in [0.2, 0.25) is 5.91 Å². The van der Waals surface area contributed by atoms with Gasteiger partial charge in [0.25, 0.3) is 5.91 Å². The van der Waals surface area contributed by atoms with E-state index in [1.165, 1.54) is 13.8 Å². The van der Waals surface area contributed by atoms with Crippen LogP contribution in [0.1, 0.15) is 27.2 Å². The van der Waals surface area contributed by atoms with Gasteiger partial charge < -0.3 is 21.3 Å². The molecule has 0 aromatic heterocycles. The number of nitrogens with one attached hydrogen (secondary N) is 1. The van der Waals surface area contributed by atoms with Crippen LogP contribution in [0.15, 0.2) is 0 Å². The van der Waals surface area contributed by atoms with Gasteiger partial charge in [-0.25, -0.2) is 10.6 Å². The minimum Gasteiger partial charge on any atom is -0.481 e. The summed E-state index contributed by atoms with van der Waals surface area (Å²) in [7, 11) is 0. The van der Waals surface area contributed by atoms with Crippen LogP contribution in [0.25, 0.3) is 0 Å². The van der Waals surface area contributed by atoms with Gasteiger partial charge in [0.15, 0.2) is 11.3 Å². The van der Waals surface area contributed by atoms with Crippen LogP contribution in [-0.2, 0) is 24.0 Å². The van der Waals surface area contributed by atoms with E-state index in [9.17, 15) is 24.0 Å². The molecule has 0 aliphatic carbocycles. The maximum absolute atomic E-state index is 12.4. The monoisotopic (exact) mass is 346 g/mol. The predicted molar refractivity (Wildman–Crippen MR) is 80.2 cm³/mol. The third-order valence-electron chi connectivity index (χ3n) is 3.37. The van der Waals surface area contributed by atoms with Gasteiger partial charge in [-0.2, -0.15) is 0 Å². The number of amides is 2. The maximum atomic E-state index is 12.4. The molecule has 2 atom stereocenters. The number of carboxylic acid groups (broad SMARTS) is 2. The molecule has 0 rings (SSSR count). The Morgan fingerprint density at radius 2 is 1.67 bits per heavy atom. The second-order valence-corrected chi connectivity index (χ2v) is 5.52. The fourth-order valence-electron chi connectivity index (χ4n) is 1.74. The third kappa shape index (κ3) is 4.73. The van der Waals surface area contributed by atoms with Crippen molar-refractivity contribution < 1.29 is 34.2 Å². The minimum absolute atomic E-state index is 0.391. The Morgan fingerprint density at radius 3 is 2.00 bits per heavy atom. The van der Waals surface area contributed by atoms with E-state index in [1.807, 2.05) is 5.32 Å². The largest absolute Gasteiger partial charge is 0.481 e. The highest BCUT2D eigenvalue weighted by atomic mass is 16.4. The molecule has 0 fully saturated rings. The van der Waals surface area contributed by atoms with Crippen molar-refractivity contribution in [2.75, 3.05) is 6.54 Å². The molecule has 0 bridgehead atoms. The zero-order valence-corrected chi connectivity index (χ0v) is 13.6. The Hall–Kier alpha value is -2.53. The van der Waals surface area contributed by atoms with Crippen LogP contribution in [-0.4, -0.2) is 62.9 Å². The summed E-state index contributed by atoms with van der Waals surface area (Å²) in [4.78, 5) is 58.3. The zero-order valence-electron chi connectivity index (χ0n) is 13.6. The summed E-state index contributed by atoms with van der Waals surface area (Å²) in [6.07, 6.45) is -0.920. The van der Waals surface area contributed by atoms with Crippen LogP contribution in [0.2, 0.25) is 0 Å². The number of aliphatic carboxylic acids is 2. The standard InChI is InChI=1S/C13H22N4O7/c1-6(2)10(21)17(15)13(3,8(18)5-14)12(24)16-7(11(22)23)4-9(19)20/h6-7H,4-5,14-15H2,1-3H3,(H,16,24)(H,19,20)(H,22,23)/t7-,13+/m0/s1. The number of Topliss-reactive ketones (excluding diaryl/α,β-unsaturated/α-hetero) is 1. The molecule has 7 N–H and O–H groups in total. The summed E-state index contributed by atoms with van der Waals surface area (Å²) in [5.41, 5.74) is 2.97. The molecule has 2 amide bonds. The molecule has 136 valence electrons. The number of hydrogen-bond donors (Lipinski definition) is 5. The van der Waals surface area contributed by atoms with Gasteiger partial charge in [0.1, 0.15) is 6.04 Å². The Labute approximate surface area is 137 Å². The number of carboxylic acids is 2. The molecule has 0 heterocycles. The van der Waals surface area contributed by atoms with E-state index in [2.05, 4.69) is 0 Å². The third-order valence-corrected chi connectivity index (χ3v) is 3.37. The van der Waals surface area contributed by atoms with Gasteiger partial charge in [0.05, 0.1) is 13.0 Å². The lowest BCUT2D eigenvalue weighted by molar-refractivity contribution is -0.157. The van der Waals surface area contributed by atoms with Crippen molar-refractivity contribution in [1.29, 1.82) is 0 Å². The van der Waals surface area contributed by atoms with Crippen LogP contribution in [0.4, 0.5) is 0 Å². The number of ketones is 1. The summed E-state index contributed by atoms with van der Waals surface area (Å²) in [6, 6.07) is -1.80. The summed E-state index contributed by atoms with van der Waals surface area (Å²) in [5, 5.41) is 20.0. The highest BCUT2D eigenvalue weighted by molar-refractivity contribution is 6.13. The number of carbonyl (C=O) groups is 5. The molecule has 0 saturated carbocycles. The Bertz CT molecular complexity index is 548. The summed E-state index contributed by atoms with van der Waals surface area (Å²) >= 11 is 0. The lowest BCUT2D eigenvalue weighted by atomic mass is 9.92. The van der Waals surface area contributed by atoms with Crippen LogP contribution < -0.4 is 16.9 Å². The fraction of sp³-hybridized carbons (Fsp3) is 0.615. The molecule has 24 heavy (non-hydrogen) atoms. The van der Waals surface area contributed by atoms with Crippen LogP contribution in [0, 0.1) is 5.92 Å². The molecule has 0 aromatic rings. The van der Waals surface area contributed by atoms with Gasteiger partial charge in [-0.1, -0.05) is 13.8 Å². The van der Waals surface area contributed by atoms with Crippen LogP contribution >= 0.6 is 0 Å². The highest BCUT2D eigenvalue weighted by Crippen LogP contribution is 2.17. The summed E-state index contributed by atoms with van der Waals surface area (Å²) in [6.45, 7) is 3.34. The number of hydrogen-bond acceptors (Lipinski definition) is 7. The van der Waals surface area contributed by atoms with E-state index in [1.54, 1.807) is 0 Å². The molecule has 11 nitrogen and oxygen atoms in total. The topological polar surface area (TPSA) is 193 Å². The zero-order chi connectivity index (χ0) is 19.2. The van der Waals surface area contributed by atoms with Crippen molar-refractivity contribution in [2.24, 2.45) is 17.5 Å². The lowest BCUT2D eigenvalue weighted by Gasteiger charge is -2.36. The fourth-order valence-corrected chi connectivity index (χ4v) is 1.74. The molecular weight excluding hydrogens is 324 g/mol. The average molecular weight is 346 g/mol. The molecule has 0 aromatic carbocycles. The SMILES string of the molecule is CC(C)C(=O)N(N)[C@](C)(C(=O)CN)C(=O)N[C@@H](CC(=O)O)C(=O)O. The number of carbonyl (C=O) groups excluding carboxylic acids is 3. The van der Waals surface area contributed by atoms with Gasteiger partial charge in [-0.3, -0.25) is 24.2 Å². The minimum atomic E-state index is -2.28. The van der Waals surface area contributed by atoms with Crippen LogP contribution in [0.5, 0.6) is 0 Å². The first-order valence-electron chi connectivity index (χ1n) is 6.97. The Morgan fingerprint density at radius 1 is 1.17 bits per heavy atom. The van der Waals surface area contributed by atoms with E-state index >= 15 is 0 Å². The van der Waals surface area contributed by atoms with Crippen molar-refractivity contribution >= 4 is 29.5 Å². The van der Waals surface area contributed by atoms with E-state index in [-0.39, 0.29) is 0 Å². The first-order chi connectivity index (χ1) is 10.9. The normalized spacial score (nSPS) is 14.4. The highest BCUT2D eigenvalue weighted by Gasteiger charge is 2.48. The lowest BCUT2D eigenvalue weighted by Crippen LogP contribution is -2.69. The first-order valence-corrected chi connectivity index (χ1v) is 6.97. The van der Waals surface area contributed by atoms with E-state index in [0.29, 0.717) is 5.01 Å². The number of nitrogens with zero attached hydrogens (tertiary/aromatic N) is 1. The quantitative estimate of drug-likeness (QED) is 0.132. The van der Waals surface area contributed by atoms with Gasteiger partial charge >= 0.3 is 11.9 Å². The van der Waals surface area contributed by atoms with E-state index < -0.39 is 60.0 Å².